The Hall–Kier alpha value is -1.47. The molecule has 3 aliphatic heterocycles. The summed E-state index contributed by atoms with van der Waals surface area (Å²) >= 11 is 0. The number of ether oxygens (including phenoxy) is 1. The molecule has 28 heavy (non-hydrogen) atoms. The zero-order valence-corrected chi connectivity index (χ0v) is 17.3. The molecule has 0 aliphatic carbocycles. The van der Waals surface area contributed by atoms with Crippen LogP contribution in [0.25, 0.3) is 0 Å². The van der Waals surface area contributed by atoms with Gasteiger partial charge in [-0.25, -0.2) is 9.37 Å². The molecule has 156 valence electrons. The van der Waals surface area contributed by atoms with Crippen molar-refractivity contribution in [2.75, 3.05) is 36.0 Å². The topological polar surface area (TPSA) is 61.7 Å². The van der Waals surface area contributed by atoms with Crippen LogP contribution >= 0.6 is 0 Å². The zero-order chi connectivity index (χ0) is 19.9. The van der Waals surface area contributed by atoms with E-state index in [1.54, 1.807) is 0 Å². The standard InChI is InChI=1S/C21H33FN4O2/c1-20(2,3)17-12-15(27)13-21(28-17)6-10-26(11-7-21)19-23-14-16(22)18(24-19)25-8-4-5-9-25/h14-15,17,27H,4-13H2,1-3H3/t15-,17-/m1/s1. The van der Waals surface area contributed by atoms with E-state index in [0.29, 0.717) is 24.6 Å². The minimum atomic E-state index is -0.342. The van der Waals surface area contributed by atoms with Crippen LogP contribution in [0, 0.1) is 11.2 Å². The highest BCUT2D eigenvalue weighted by atomic mass is 19.1. The van der Waals surface area contributed by atoms with E-state index in [1.807, 2.05) is 4.90 Å². The Morgan fingerprint density at radius 3 is 2.46 bits per heavy atom. The van der Waals surface area contributed by atoms with Gasteiger partial charge in [0.25, 0.3) is 0 Å². The van der Waals surface area contributed by atoms with E-state index in [-0.39, 0.29) is 29.0 Å². The summed E-state index contributed by atoms with van der Waals surface area (Å²) in [5.41, 5.74) is -0.264. The van der Waals surface area contributed by atoms with Gasteiger partial charge in [0.05, 0.1) is 24.0 Å². The summed E-state index contributed by atoms with van der Waals surface area (Å²) in [6.45, 7) is 9.75. The maximum atomic E-state index is 14.2. The van der Waals surface area contributed by atoms with Crippen LogP contribution in [0.15, 0.2) is 6.20 Å². The van der Waals surface area contributed by atoms with Gasteiger partial charge in [-0.1, -0.05) is 20.8 Å². The molecule has 4 rings (SSSR count). The van der Waals surface area contributed by atoms with Gasteiger partial charge in [0.1, 0.15) is 0 Å². The van der Waals surface area contributed by atoms with Crippen molar-refractivity contribution < 1.29 is 14.2 Å². The lowest BCUT2D eigenvalue weighted by Gasteiger charge is -2.50. The highest BCUT2D eigenvalue weighted by Gasteiger charge is 2.46. The number of anilines is 2. The summed E-state index contributed by atoms with van der Waals surface area (Å²) in [5, 5.41) is 10.5. The Labute approximate surface area is 167 Å². The second kappa shape index (κ2) is 7.41. The Balaban J connectivity index is 1.46. The van der Waals surface area contributed by atoms with Crippen molar-refractivity contribution >= 4 is 11.8 Å². The van der Waals surface area contributed by atoms with Gasteiger partial charge in [0.2, 0.25) is 5.95 Å². The third-order valence-electron chi connectivity index (χ3n) is 6.53. The molecular formula is C21H33FN4O2. The average Bonchev–Trinajstić information content (AvgIpc) is 3.16. The SMILES string of the molecule is CC(C)(C)[C@H]1C[C@@H](O)CC2(CCN(c3ncc(F)c(N4CCCC4)n3)CC2)O1. The van der Waals surface area contributed by atoms with E-state index < -0.39 is 0 Å². The number of hydrogen-bond acceptors (Lipinski definition) is 6. The largest absolute Gasteiger partial charge is 0.393 e. The molecule has 2 atom stereocenters. The molecule has 1 spiro atoms. The van der Waals surface area contributed by atoms with Gasteiger partial charge in [-0.15, -0.1) is 0 Å². The van der Waals surface area contributed by atoms with Crippen LogP contribution in [0.3, 0.4) is 0 Å². The lowest BCUT2D eigenvalue weighted by atomic mass is 9.76. The Morgan fingerprint density at radius 2 is 1.82 bits per heavy atom. The smallest absolute Gasteiger partial charge is 0.227 e. The zero-order valence-electron chi connectivity index (χ0n) is 17.3. The Bertz CT molecular complexity index is 694. The molecule has 1 aromatic rings. The molecule has 0 aromatic carbocycles. The van der Waals surface area contributed by atoms with Gasteiger partial charge in [0, 0.05) is 39.0 Å². The first-order chi connectivity index (χ1) is 13.3. The van der Waals surface area contributed by atoms with Gasteiger partial charge in [0.15, 0.2) is 11.6 Å². The third-order valence-corrected chi connectivity index (χ3v) is 6.53. The van der Waals surface area contributed by atoms with Crippen molar-refractivity contribution in [3.63, 3.8) is 0 Å². The molecule has 7 heteroatoms. The minimum Gasteiger partial charge on any atom is -0.393 e. The predicted octanol–water partition coefficient (Wildman–Crippen LogP) is 3.14. The number of hydrogen-bond donors (Lipinski definition) is 1. The quantitative estimate of drug-likeness (QED) is 0.834. The van der Waals surface area contributed by atoms with E-state index in [1.165, 1.54) is 6.20 Å². The summed E-state index contributed by atoms with van der Waals surface area (Å²) in [4.78, 5) is 13.0. The molecule has 0 unspecified atom stereocenters. The summed E-state index contributed by atoms with van der Waals surface area (Å²) in [5.74, 6) is 0.688. The summed E-state index contributed by atoms with van der Waals surface area (Å²) in [6.07, 6.45) is 6.27. The second-order valence-electron chi connectivity index (χ2n) is 9.77. The molecule has 3 aliphatic rings. The van der Waals surface area contributed by atoms with Gasteiger partial charge < -0.3 is 19.6 Å². The molecule has 1 N–H and O–H groups in total. The summed E-state index contributed by atoms with van der Waals surface area (Å²) in [6, 6.07) is 0. The lowest BCUT2D eigenvalue weighted by molar-refractivity contribution is -0.199. The summed E-state index contributed by atoms with van der Waals surface area (Å²) in [7, 11) is 0. The Kier molecular flexibility index (Phi) is 5.25. The van der Waals surface area contributed by atoms with E-state index in [9.17, 15) is 9.50 Å². The maximum absolute atomic E-state index is 14.2. The first kappa shape index (κ1) is 19.8. The van der Waals surface area contributed by atoms with E-state index in [2.05, 4.69) is 35.6 Å². The van der Waals surface area contributed by atoms with Gasteiger partial charge >= 0.3 is 0 Å². The van der Waals surface area contributed by atoms with Crippen LogP contribution in [0.1, 0.15) is 59.3 Å². The fourth-order valence-electron chi connectivity index (χ4n) is 4.78. The van der Waals surface area contributed by atoms with Crippen molar-refractivity contribution in [3.8, 4) is 0 Å². The van der Waals surface area contributed by atoms with Crippen molar-refractivity contribution in [2.24, 2.45) is 5.41 Å². The van der Waals surface area contributed by atoms with Crippen LogP contribution in [0.4, 0.5) is 16.2 Å². The third kappa shape index (κ3) is 3.96. The molecule has 0 bridgehead atoms. The molecule has 0 amide bonds. The van der Waals surface area contributed by atoms with Crippen LogP contribution in [0.2, 0.25) is 0 Å². The van der Waals surface area contributed by atoms with E-state index in [0.717, 1.165) is 51.9 Å². The van der Waals surface area contributed by atoms with Crippen molar-refractivity contribution in [2.45, 2.75) is 77.1 Å². The molecule has 6 nitrogen and oxygen atoms in total. The number of aliphatic hydroxyl groups is 1. The van der Waals surface area contributed by atoms with E-state index in [4.69, 9.17) is 4.74 Å². The van der Waals surface area contributed by atoms with Crippen LogP contribution in [-0.2, 0) is 4.74 Å². The number of aliphatic hydroxyl groups excluding tert-OH is 1. The van der Waals surface area contributed by atoms with Crippen LogP contribution in [0.5, 0.6) is 0 Å². The fraction of sp³-hybridized carbons (Fsp3) is 0.810. The van der Waals surface area contributed by atoms with Crippen molar-refractivity contribution in [3.05, 3.63) is 12.0 Å². The van der Waals surface area contributed by atoms with Gasteiger partial charge in [-0.3, -0.25) is 0 Å². The maximum Gasteiger partial charge on any atom is 0.227 e. The molecule has 3 fully saturated rings. The minimum absolute atomic E-state index is 0.0102. The normalized spacial score (nSPS) is 28.2. The number of rotatable bonds is 2. The molecule has 0 radical (unpaired) electrons. The van der Waals surface area contributed by atoms with Crippen LogP contribution in [-0.4, -0.2) is 59.1 Å². The average molecular weight is 393 g/mol. The van der Waals surface area contributed by atoms with Gasteiger partial charge in [-0.05, 0) is 31.1 Å². The number of nitrogens with zero attached hydrogens (tertiary/aromatic N) is 4. The number of halogens is 1. The number of piperidine rings is 1. The van der Waals surface area contributed by atoms with Gasteiger partial charge in [-0.2, -0.15) is 4.98 Å². The second-order valence-corrected chi connectivity index (χ2v) is 9.77. The first-order valence-corrected chi connectivity index (χ1v) is 10.6. The molecule has 0 saturated carbocycles. The molecule has 4 heterocycles. The summed E-state index contributed by atoms with van der Waals surface area (Å²) < 4.78 is 20.8. The Morgan fingerprint density at radius 1 is 1.14 bits per heavy atom. The molecular weight excluding hydrogens is 359 g/mol. The lowest BCUT2D eigenvalue weighted by Crippen LogP contribution is -2.55. The fourth-order valence-corrected chi connectivity index (χ4v) is 4.78. The highest BCUT2D eigenvalue weighted by Crippen LogP contribution is 2.42. The van der Waals surface area contributed by atoms with E-state index >= 15 is 0 Å². The van der Waals surface area contributed by atoms with Crippen molar-refractivity contribution in [1.82, 2.24) is 9.97 Å². The monoisotopic (exact) mass is 392 g/mol. The molecule has 1 aromatic heterocycles. The van der Waals surface area contributed by atoms with Crippen LogP contribution < -0.4 is 9.80 Å². The molecule has 3 saturated heterocycles. The number of aromatic nitrogens is 2. The first-order valence-electron chi connectivity index (χ1n) is 10.6. The van der Waals surface area contributed by atoms with Crippen molar-refractivity contribution in [1.29, 1.82) is 0 Å². The highest BCUT2D eigenvalue weighted by molar-refractivity contribution is 5.46. The predicted molar refractivity (Wildman–Crippen MR) is 107 cm³/mol.